The van der Waals surface area contributed by atoms with Crippen LogP contribution in [-0.4, -0.2) is 31.5 Å². The number of aromatic nitrogens is 3. The third-order valence-corrected chi connectivity index (χ3v) is 8.96. The van der Waals surface area contributed by atoms with Gasteiger partial charge in [-0.25, -0.2) is 0 Å². The number of aliphatic hydroxyl groups is 1. The van der Waals surface area contributed by atoms with E-state index in [9.17, 15) is 9.90 Å². The minimum atomic E-state index is -0.904. The fraction of sp³-hybridized carbons (Fsp3) is 0.607. The molecule has 6 nitrogen and oxygen atoms in total. The molecule has 0 spiro atoms. The molecule has 0 radical (unpaired) electrons. The van der Waals surface area contributed by atoms with Crippen LogP contribution >= 0.6 is 11.3 Å². The van der Waals surface area contributed by atoms with E-state index >= 15 is 0 Å². The van der Waals surface area contributed by atoms with Gasteiger partial charge in [0, 0.05) is 34.6 Å². The molecule has 2 aliphatic rings. The Hall–Kier alpha value is -2.25. The molecule has 190 valence electrons. The first-order valence-electron chi connectivity index (χ1n) is 12.8. The zero-order valence-electron chi connectivity index (χ0n) is 22.0. The average molecular weight is 498 g/mol. The molecule has 1 N–H and O–H groups in total. The molecule has 1 saturated carbocycles. The van der Waals surface area contributed by atoms with Crippen LogP contribution in [0.2, 0.25) is 0 Å². The number of allylic oxidation sites excluding steroid dienone is 3. The molecule has 1 fully saturated rings. The van der Waals surface area contributed by atoms with Crippen molar-refractivity contribution in [2.45, 2.75) is 79.8 Å². The predicted molar refractivity (Wildman–Crippen MR) is 139 cm³/mol. The van der Waals surface area contributed by atoms with Crippen molar-refractivity contribution >= 4 is 17.1 Å². The fourth-order valence-corrected chi connectivity index (χ4v) is 7.15. The highest BCUT2D eigenvalue weighted by Gasteiger charge is 2.39. The maximum atomic E-state index is 13.4. The van der Waals surface area contributed by atoms with Crippen LogP contribution in [0.1, 0.15) is 84.5 Å². The van der Waals surface area contributed by atoms with E-state index in [0.29, 0.717) is 35.7 Å². The lowest BCUT2D eigenvalue weighted by Crippen LogP contribution is -2.32. The number of ether oxygens (including phenoxy) is 1. The molecule has 35 heavy (non-hydrogen) atoms. The number of carbonyl (C=O) groups excluding carboxylic acids is 1. The van der Waals surface area contributed by atoms with E-state index in [2.05, 4.69) is 37.9 Å². The van der Waals surface area contributed by atoms with Crippen LogP contribution in [0.3, 0.4) is 0 Å². The molecule has 0 amide bonds. The molecule has 7 heteroatoms. The molecule has 0 bridgehead atoms. The van der Waals surface area contributed by atoms with Crippen molar-refractivity contribution in [3.63, 3.8) is 0 Å². The van der Waals surface area contributed by atoms with Gasteiger partial charge < -0.3 is 9.84 Å². The number of hydrogen-bond acceptors (Lipinski definition) is 6. The summed E-state index contributed by atoms with van der Waals surface area (Å²) >= 11 is 1.52. The van der Waals surface area contributed by atoms with Crippen molar-refractivity contribution < 1.29 is 14.6 Å². The van der Waals surface area contributed by atoms with Crippen molar-refractivity contribution in [2.24, 2.45) is 29.6 Å². The smallest absolute Gasteiger partial charge is 0.166 e. The zero-order valence-corrected chi connectivity index (χ0v) is 22.9. The van der Waals surface area contributed by atoms with Crippen molar-refractivity contribution in [3.05, 3.63) is 51.4 Å². The SMILES string of the molecule is CC1=C(C(C)(C)O)C(C)C(C)=C(C2CCC(C)C(CC(=O)c3cscc3-n3nccn3)C(C)C2)O1. The summed E-state index contributed by atoms with van der Waals surface area (Å²) in [7, 11) is 0. The third kappa shape index (κ3) is 5.17. The van der Waals surface area contributed by atoms with Gasteiger partial charge in [-0.3, -0.25) is 4.79 Å². The average Bonchev–Trinajstić information content (AvgIpc) is 3.45. The molecule has 0 aromatic carbocycles. The van der Waals surface area contributed by atoms with Crippen molar-refractivity contribution in [2.75, 3.05) is 0 Å². The van der Waals surface area contributed by atoms with Crippen molar-refractivity contribution in [1.82, 2.24) is 15.0 Å². The Balaban J connectivity index is 1.51. The summed E-state index contributed by atoms with van der Waals surface area (Å²) in [6.07, 6.45) is 6.93. The Morgan fingerprint density at radius 3 is 2.49 bits per heavy atom. The number of nitrogens with zero attached hydrogens (tertiary/aromatic N) is 3. The zero-order chi connectivity index (χ0) is 25.5. The molecule has 1 aliphatic carbocycles. The molecular formula is C28H39N3O3S. The quantitative estimate of drug-likeness (QED) is 0.360. The summed E-state index contributed by atoms with van der Waals surface area (Å²) in [6, 6.07) is 0. The van der Waals surface area contributed by atoms with Crippen LogP contribution in [0.4, 0.5) is 0 Å². The standard InChI is InChI=1S/C28H39N3O3S/c1-16-8-9-21(27-19(4)18(3)26(20(5)34-27)28(6,7)33)12-17(2)22(16)13-25(32)23-14-35-15-24(23)31-29-10-11-30-31/h10-11,14-18,21-22,33H,8-9,12-13H2,1-7H3. The summed E-state index contributed by atoms with van der Waals surface area (Å²) in [6.45, 7) is 14.6. The topological polar surface area (TPSA) is 77.2 Å². The highest BCUT2D eigenvalue weighted by atomic mass is 32.1. The molecule has 4 rings (SSSR count). The van der Waals surface area contributed by atoms with Crippen LogP contribution < -0.4 is 0 Å². The fourth-order valence-electron chi connectivity index (χ4n) is 6.34. The van der Waals surface area contributed by atoms with Gasteiger partial charge in [0.1, 0.15) is 17.2 Å². The van der Waals surface area contributed by atoms with E-state index in [1.165, 1.54) is 21.7 Å². The van der Waals surface area contributed by atoms with Gasteiger partial charge in [-0.15, -0.1) is 11.3 Å². The Morgan fingerprint density at radius 1 is 1.14 bits per heavy atom. The second-order valence-corrected chi connectivity index (χ2v) is 11.9. The largest absolute Gasteiger partial charge is 0.466 e. The number of hydrogen-bond donors (Lipinski definition) is 1. The predicted octanol–water partition coefficient (Wildman–Crippen LogP) is 6.58. The molecule has 3 heterocycles. The lowest BCUT2D eigenvalue weighted by molar-refractivity contribution is 0.0915. The number of Topliss-reactive ketones (excluding diaryl/α,β-unsaturated/α-hetero) is 1. The molecule has 2 aromatic rings. The summed E-state index contributed by atoms with van der Waals surface area (Å²) in [4.78, 5) is 15.0. The Morgan fingerprint density at radius 2 is 1.83 bits per heavy atom. The van der Waals surface area contributed by atoms with E-state index < -0.39 is 5.60 Å². The van der Waals surface area contributed by atoms with Crippen LogP contribution in [0.25, 0.3) is 5.69 Å². The minimum absolute atomic E-state index is 0.153. The van der Waals surface area contributed by atoms with Crippen LogP contribution in [0.15, 0.2) is 45.8 Å². The maximum absolute atomic E-state index is 13.4. The molecule has 5 atom stereocenters. The van der Waals surface area contributed by atoms with Gasteiger partial charge in [-0.2, -0.15) is 15.0 Å². The van der Waals surface area contributed by atoms with E-state index in [-0.39, 0.29) is 11.7 Å². The Kier molecular flexibility index (Phi) is 7.39. The molecule has 2 aromatic heterocycles. The monoisotopic (exact) mass is 497 g/mol. The number of carbonyl (C=O) groups is 1. The maximum Gasteiger partial charge on any atom is 0.166 e. The Bertz CT molecular complexity index is 1120. The first-order valence-corrected chi connectivity index (χ1v) is 13.7. The lowest BCUT2D eigenvalue weighted by Gasteiger charge is -2.37. The van der Waals surface area contributed by atoms with Crippen LogP contribution in [0.5, 0.6) is 0 Å². The van der Waals surface area contributed by atoms with Gasteiger partial charge >= 0.3 is 0 Å². The first-order chi connectivity index (χ1) is 16.5. The highest BCUT2D eigenvalue weighted by molar-refractivity contribution is 7.08. The first kappa shape index (κ1) is 25.8. The molecule has 5 unspecified atom stereocenters. The summed E-state index contributed by atoms with van der Waals surface area (Å²) in [5, 5.41) is 23.0. The minimum Gasteiger partial charge on any atom is -0.466 e. The van der Waals surface area contributed by atoms with E-state index in [4.69, 9.17) is 4.74 Å². The number of thiophene rings is 1. The summed E-state index contributed by atoms with van der Waals surface area (Å²) in [5.74, 6) is 3.74. The molecule has 1 aliphatic heterocycles. The van der Waals surface area contributed by atoms with Gasteiger partial charge in [-0.1, -0.05) is 20.8 Å². The second kappa shape index (κ2) is 10.0. The number of ketones is 1. The number of rotatable bonds is 6. The lowest BCUT2D eigenvalue weighted by atomic mass is 9.77. The van der Waals surface area contributed by atoms with Crippen LogP contribution in [-0.2, 0) is 4.74 Å². The van der Waals surface area contributed by atoms with E-state index in [1.807, 2.05) is 31.5 Å². The Labute approximate surface area is 213 Å². The van der Waals surface area contributed by atoms with Gasteiger partial charge in [0.15, 0.2) is 5.78 Å². The van der Waals surface area contributed by atoms with Gasteiger partial charge in [0.25, 0.3) is 0 Å². The molecular weight excluding hydrogens is 458 g/mol. The summed E-state index contributed by atoms with van der Waals surface area (Å²) < 4.78 is 6.44. The normalized spacial score (nSPS) is 28.2. The third-order valence-electron chi connectivity index (χ3n) is 8.23. The van der Waals surface area contributed by atoms with Gasteiger partial charge in [0.05, 0.1) is 23.6 Å². The van der Waals surface area contributed by atoms with Crippen molar-refractivity contribution in [3.8, 4) is 5.69 Å². The van der Waals surface area contributed by atoms with Gasteiger partial charge in [-0.05, 0) is 70.3 Å². The van der Waals surface area contributed by atoms with E-state index in [0.717, 1.165) is 42.0 Å². The highest BCUT2D eigenvalue weighted by Crippen LogP contribution is 2.46. The second-order valence-electron chi connectivity index (χ2n) is 11.1. The molecule has 0 saturated heterocycles. The van der Waals surface area contributed by atoms with Gasteiger partial charge in [0.2, 0.25) is 0 Å². The van der Waals surface area contributed by atoms with Crippen LogP contribution in [0, 0.1) is 29.6 Å². The summed E-state index contributed by atoms with van der Waals surface area (Å²) in [5.41, 5.74) is 2.78. The van der Waals surface area contributed by atoms with E-state index in [1.54, 1.807) is 12.4 Å². The van der Waals surface area contributed by atoms with Crippen molar-refractivity contribution in [1.29, 1.82) is 0 Å².